The SMILES string of the molecule is CCC1(C(=O)Nc2cccc(Cl)c2Br)CCNC1. The summed E-state index contributed by atoms with van der Waals surface area (Å²) in [6.45, 7) is 3.70. The number of nitrogens with one attached hydrogen (secondary N) is 2. The normalized spacial score (nSPS) is 23.1. The summed E-state index contributed by atoms with van der Waals surface area (Å²) < 4.78 is 0.734. The van der Waals surface area contributed by atoms with Crippen LogP contribution in [0.5, 0.6) is 0 Å². The zero-order chi connectivity index (χ0) is 13.2. The van der Waals surface area contributed by atoms with Gasteiger partial charge in [-0.15, -0.1) is 0 Å². The zero-order valence-electron chi connectivity index (χ0n) is 10.2. The monoisotopic (exact) mass is 330 g/mol. The second-order valence-electron chi connectivity index (χ2n) is 4.62. The van der Waals surface area contributed by atoms with E-state index in [9.17, 15) is 4.79 Å². The summed E-state index contributed by atoms with van der Waals surface area (Å²) in [5, 5.41) is 6.83. The summed E-state index contributed by atoms with van der Waals surface area (Å²) in [5.41, 5.74) is 0.439. The molecule has 0 radical (unpaired) electrons. The van der Waals surface area contributed by atoms with Crippen molar-refractivity contribution in [2.45, 2.75) is 19.8 Å². The average molecular weight is 332 g/mol. The van der Waals surface area contributed by atoms with E-state index >= 15 is 0 Å². The molecule has 1 aromatic carbocycles. The fourth-order valence-corrected chi connectivity index (χ4v) is 2.79. The third-order valence-corrected chi connectivity index (χ3v) is 5.00. The minimum atomic E-state index is -0.290. The molecule has 1 heterocycles. The molecular formula is C13H16BrClN2O. The second kappa shape index (κ2) is 5.59. The van der Waals surface area contributed by atoms with Crippen LogP contribution >= 0.6 is 27.5 Å². The summed E-state index contributed by atoms with van der Waals surface area (Å²) >= 11 is 9.41. The molecule has 1 atom stereocenters. The first kappa shape index (κ1) is 13.8. The topological polar surface area (TPSA) is 41.1 Å². The fourth-order valence-electron chi connectivity index (χ4n) is 2.26. The number of rotatable bonds is 3. The van der Waals surface area contributed by atoms with Gasteiger partial charge >= 0.3 is 0 Å². The molecule has 1 fully saturated rings. The van der Waals surface area contributed by atoms with Gasteiger partial charge < -0.3 is 10.6 Å². The van der Waals surface area contributed by atoms with Crippen LogP contribution in [0.1, 0.15) is 19.8 Å². The zero-order valence-corrected chi connectivity index (χ0v) is 12.6. The fraction of sp³-hybridized carbons (Fsp3) is 0.462. The first-order valence-electron chi connectivity index (χ1n) is 6.05. The Balaban J connectivity index is 2.18. The Morgan fingerprint density at radius 3 is 3.00 bits per heavy atom. The molecule has 0 spiro atoms. The molecule has 0 saturated carbocycles. The molecule has 1 amide bonds. The molecule has 3 nitrogen and oxygen atoms in total. The highest BCUT2D eigenvalue weighted by atomic mass is 79.9. The van der Waals surface area contributed by atoms with E-state index in [2.05, 4.69) is 33.5 Å². The van der Waals surface area contributed by atoms with Crippen molar-refractivity contribution in [3.8, 4) is 0 Å². The first-order valence-corrected chi connectivity index (χ1v) is 7.22. The summed E-state index contributed by atoms with van der Waals surface area (Å²) in [4.78, 5) is 12.4. The molecule has 18 heavy (non-hydrogen) atoms. The van der Waals surface area contributed by atoms with Gasteiger partial charge in [0.1, 0.15) is 0 Å². The molecule has 0 aromatic heterocycles. The maximum absolute atomic E-state index is 12.4. The van der Waals surface area contributed by atoms with Crippen LogP contribution in [0.2, 0.25) is 5.02 Å². The maximum Gasteiger partial charge on any atom is 0.231 e. The standard InChI is InChI=1S/C13H16BrClN2O/c1-2-13(6-7-16-8-13)12(18)17-10-5-3-4-9(15)11(10)14/h3-5,16H,2,6-8H2,1H3,(H,17,18). The van der Waals surface area contributed by atoms with Gasteiger partial charge in [0.2, 0.25) is 5.91 Å². The largest absolute Gasteiger partial charge is 0.324 e. The quantitative estimate of drug-likeness (QED) is 0.891. The van der Waals surface area contributed by atoms with Crippen molar-refractivity contribution in [3.63, 3.8) is 0 Å². The van der Waals surface area contributed by atoms with Crippen LogP contribution in [0.15, 0.2) is 22.7 Å². The van der Waals surface area contributed by atoms with Crippen molar-refractivity contribution in [1.29, 1.82) is 0 Å². The molecule has 1 aliphatic rings. The number of halogens is 2. The van der Waals surface area contributed by atoms with Crippen molar-refractivity contribution >= 4 is 39.1 Å². The third kappa shape index (κ3) is 2.56. The number of benzene rings is 1. The van der Waals surface area contributed by atoms with E-state index in [-0.39, 0.29) is 11.3 Å². The van der Waals surface area contributed by atoms with E-state index in [1.807, 2.05) is 12.1 Å². The van der Waals surface area contributed by atoms with Crippen molar-refractivity contribution in [2.24, 2.45) is 5.41 Å². The lowest BCUT2D eigenvalue weighted by Gasteiger charge is -2.25. The van der Waals surface area contributed by atoms with E-state index in [0.717, 1.165) is 36.1 Å². The lowest BCUT2D eigenvalue weighted by Crippen LogP contribution is -2.37. The van der Waals surface area contributed by atoms with Crippen LogP contribution in [-0.2, 0) is 4.79 Å². The molecule has 1 saturated heterocycles. The van der Waals surface area contributed by atoms with Gasteiger partial charge in [-0.25, -0.2) is 0 Å². The number of amides is 1. The molecule has 1 unspecified atom stereocenters. The van der Waals surface area contributed by atoms with Crippen LogP contribution in [0.25, 0.3) is 0 Å². The Morgan fingerprint density at radius 1 is 1.61 bits per heavy atom. The number of anilines is 1. The van der Waals surface area contributed by atoms with Crippen molar-refractivity contribution < 1.29 is 4.79 Å². The highest BCUT2D eigenvalue weighted by molar-refractivity contribution is 9.10. The lowest BCUT2D eigenvalue weighted by molar-refractivity contribution is -0.124. The minimum Gasteiger partial charge on any atom is -0.324 e. The van der Waals surface area contributed by atoms with Crippen molar-refractivity contribution in [3.05, 3.63) is 27.7 Å². The van der Waals surface area contributed by atoms with E-state index in [0.29, 0.717) is 5.02 Å². The molecule has 2 N–H and O–H groups in total. The highest BCUT2D eigenvalue weighted by Gasteiger charge is 2.39. The van der Waals surface area contributed by atoms with Crippen LogP contribution in [0.4, 0.5) is 5.69 Å². The third-order valence-electron chi connectivity index (χ3n) is 3.60. The Kier molecular flexibility index (Phi) is 4.30. The van der Waals surface area contributed by atoms with Gasteiger partial charge in [-0.2, -0.15) is 0 Å². The van der Waals surface area contributed by atoms with Gasteiger partial charge in [-0.05, 0) is 47.4 Å². The average Bonchev–Trinajstić information content (AvgIpc) is 2.85. The Labute approximate surface area is 120 Å². The second-order valence-corrected chi connectivity index (χ2v) is 5.82. The summed E-state index contributed by atoms with van der Waals surface area (Å²) in [6, 6.07) is 5.46. The van der Waals surface area contributed by atoms with E-state index in [1.54, 1.807) is 6.07 Å². The molecule has 5 heteroatoms. The van der Waals surface area contributed by atoms with Crippen LogP contribution in [0.3, 0.4) is 0 Å². The number of carbonyl (C=O) groups excluding carboxylic acids is 1. The molecule has 0 bridgehead atoms. The van der Waals surface area contributed by atoms with Gasteiger partial charge in [0, 0.05) is 6.54 Å². The van der Waals surface area contributed by atoms with Crippen molar-refractivity contribution in [2.75, 3.05) is 18.4 Å². The van der Waals surface area contributed by atoms with E-state index < -0.39 is 0 Å². The predicted molar refractivity (Wildman–Crippen MR) is 78.0 cm³/mol. The molecule has 0 aliphatic carbocycles. The van der Waals surface area contributed by atoms with Crippen LogP contribution in [0, 0.1) is 5.41 Å². The Bertz CT molecular complexity index is 458. The molecule has 2 rings (SSSR count). The van der Waals surface area contributed by atoms with Gasteiger partial charge in [0.05, 0.1) is 20.6 Å². The number of carbonyl (C=O) groups is 1. The smallest absolute Gasteiger partial charge is 0.231 e. The molecule has 98 valence electrons. The molecule has 1 aromatic rings. The van der Waals surface area contributed by atoms with Crippen molar-refractivity contribution in [1.82, 2.24) is 5.32 Å². The van der Waals surface area contributed by atoms with Gasteiger partial charge in [-0.3, -0.25) is 4.79 Å². The van der Waals surface area contributed by atoms with Gasteiger partial charge in [0.15, 0.2) is 0 Å². The summed E-state index contributed by atoms with van der Waals surface area (Å²) in [7, 11) is 0. The Hall–Kier alpha value is -0.580. The van der Waals surface area contributed by atoms with Crippen LogP contribution in [-0.4, -0.2) is 19.0 Å². The predicted octanol–water partition coefficient (Wildman–Crippen LogP) is 3.43. The van der Waals surface area contributed by atoms with E-state index in [4.69, 9.17) is 11.6 Å². The number of hydrogen-bond acceptors (Lipinski definition) is 2. The summed E-state index contributed by atoms with van der Waals surface area (Å²) in [6.07, 6.45) is 1.72. The minimum absolute atomic E-state index is 0.0676. The van der Waals surface area contributed by atoms with E-state index in [1.165, 1.54) is 0 Å². The lowest BCUT2D eigenvalue weighted by atomic mass is 9.83. The molecular weight excluding hydrogens is 316 g/mol. The first-order chi connectivity index (χ1) is 8.59. The maximum atomic E-state index is 12.4. The number of hydrogen-bond donors (Lipinski definition) is 2. The van der Waals surface area contributed by atoms with Crippen LogP contribution < -0.4 is 10.6 Å². The summed E-state index contributed by atoms with van der Waals surface area (Å²) in [5.74, 6) is 0.0676. The van der Waals surface area contributed by atoms with Gasteiger partial charge in [0.25, 0.3) is 0 Å². The van der Waals surface area contributed by atoms with Gasteiger partial charge in [-0.1, -0.05) is 24.6 Å². The Morgan fingerprint density at radius 2 is 2.39 bits per heavy atom. The highest BCUT2D eigenvalue weighted by Crippen LogP contribution is 2.34. The molecule has 1 aliphatic heterocycles.